The highest BCUT2D eigenvalue weighted by atomic mass is 32.1. The zero-order valence-corrected chi connectivity index (χ0v) is 12.8. The van der Waals surface area contributed by atoms with Crippen LogP contribution in [0.2, 0.25) is 0 Å². The first-order valence-corrected chi connectivity index (χ1v) is 7.32. The Morgan fingerprint density at radius 2 is 2.38 bits per heavy atom. The number of likely N-dealkylation sites (tertiary alicyclic amines) is 1. The molecule has 2 heterocycles. The highest BCUT2D eigenvalue weighted by molar-refractivity contribution is 7.13. The molecule has 2 atom stereocenters. The fourth-order valence-electron chi connectivity index (χ4n) is 1.89. The molecule has 1 aromatic rings. The number of hydrogen-bond donors (Lipinski definition) is 2. The third kappa shape index (κ3) is 2.97. The zero-order valence-electron chi connectivity index (χ0n) is 12.0. The molecular weight excluding hydrogens is 294 g/mol. The molecule has 0 spiro atoms. The number of carbonyl (C=O) groups is 2. The molecule has 1 unspecified atom stereocenters. The molecule has 1 aliphatic heterocycles. The number of β-lactam (4-membered cyclic amide) rings is 1. The molecule has 0 bridgehead atoms. The van der Waals surface area contributed by atoms with Gasteiger partial charge < -0.3 is 20.8 Å². The minimum atomic E-state index is -0.551. The van der Waals surface area contributed by atoms with E-state index >= 15 is 0 Å². The van der Waals surface area contributed by atoms with Crippen molar-refractivity contribution in [1.29, 1.82) is 0 Å². The van der Waals surface area contributed by atoms with E-state index in [-0.39, 0.29) is 17.7 Å². The normalized spacial score (nSPS) is 22.0. The van der Waals surface area contributed by atoms with E-state index in [4.69, 9.17) is 10.6 Å². The Hall–Kier alpha value is -2.16. The fraction of sp³-hybridized carbons (Fsp3) is 0.500. The number of oxime groups is 1. The molecular formula is C12H17N5O3S. The molecule has 1 aliphatic rings. The lowest BCUT2D eigenvalue weighted by Gasteiger charge is -2.42. The SMILES string of the molecule is CCON=C(C(=O)N[C@@H]1C(=O)N(C)C1C)c1csc(N)n1. The molecule has 1 aromatic heterocycles. The minimum absolute atomic E-state index is 0.0133. The second kappa shape index (κ2) is 6.08. The maximum atomic E-state index is 12.3. The van der Waals surface area contributed by atoms with Gasteiger partial charge in [-0.25, -0.2) is 4.98 Å². The fourth-order valence-corrected chi connectivity index (χ4v) is 2.44. The van der Waals surface area contributed by atoms with Gasteiger partial charge in [-0.1, -0.05) is 5.16 Å². The van der Waals surface area contributed by atoms with Crippen LogP contribution in [0, 0.1) is 0 Å². The van der Waals surface area contributed by atoms with Gasteiger partial charge >= 0.3 is 0 Å². The number of hydrogen-bond acceptors (Lipinski definition) is 7. The van der Waals surface area contributed by atoms with E-state index in [1.807, 2.05) is 6.92 Å². The second-order valence-corrected chi connectivity index (χ2v) is 5.46. The van der Waals surface area contributed by atoms with E-state index in [1.165, 1.54) is 11.3 Å². The van der Waals surface area contributed by atoms with Crippen molar-refractivity contribution in [2.24, 2.45) is 5.16 Å². The monoisotopic (exact) mass is 311 g/mol. The van der Waals surface area contributed by atoms with Crippen LogP contribution in [0.15, 0.2) is 10.5 Å². The van der Waals surface area contributed by atoms with Crippen LogP contribution in [0.5, 0.6) is 0 Å². The third-order valence-electron chi connectivity index (χ3n) is 3.26. The quantitative estimate of drug-likeness (QED) is 0.445. The zero-order chi connectivity index (χ0) is 15.6. The molecule has 0 aromatic carbocycles. The van der Waals surface area contributed by atoms with Crippen LogP contribution >= 0.6 is 11.3 Å². The van der Waals surface area contributed by atoms with E-state index in [0.29, 0.717) is 17.4 Å². The first-order valence-electron chi connectivity index (χ1n) is 6.44. The summed E-state index contributed by atoms with van der Waals surface area (Å²) in [6.45, 7) is 3.92. The van der Waals surface area contributed by atoms with Crippen molar-refractivity contribution in [1.82, 2.24) is 15.2 Å². The van der Waals surface area contributed by atoms with Crippen LogP contribution in [-0.4, -0.2) is 53.1 Å². The van der Waals surface area contributed by atoms with Crippen LogP contribution in [0.25, 0.3) is 0 Å². The lowest BCUT2D eigenvalue weighted by Crippen LogP contribution is -2.68. The van der Waals surface area contributed by atoms with Gasteiger partial charge in [0, 0.05) is 12.4 Å². The maximum absolute atomic E-state index is 12.3. The number of nitrogens with one attached hydrogen (secondary N) is 1. The van der Waals surface area contributed by atoms with Gasteiger partial charge in [0.15, 0.2) is 10.8 Å². The number of nitrogens with zero attached hydrogens (tertiary/aromatic N) is 3. The summed E-state index contributed by atoms with van der Waals surface area (Å²) in [4.78, 5) is 34.5. The number of rotatable bonds is 5. The van der Waals surface area contributed by atoms with E-state index in [1.54, 1.807) is 24.3 Å². The standard InChI is InChI=1S/C12H17N5O3S/c1-4-20-16-9(7-5-21-12(13)14-7)10(18)15-8-6(2)17(3)11(8)19/h5-6,8H,4H2,1-3H3,(H2,13,14)(H,15,18)/t6?,8-/m0/s1. The summed E-state index contributed by atoms with van der Waals surface area (Å²) in [6, 6.07) is -0.611. The molecule has 2 amide bonds. The first kappa shape index (κ1) is 15.2. The summed E-state index contributed by atoms with van der Waals surface area (Å²) in [5.74, 6) is -0.642. The summed E-state index contributed by atoms with van der Waals surface area (Å²) < 4.78 is 0. The van der Waals surface area contributed by atoms with Crippen molar-refractivity contribution >= 4 is 34.0 Å². The predicted octanol–water partition coefficient (Wildman–Crippen LogP) is -0.189. The van der Waals surface area contributed by atoms with Gasteiger partial charge in [-0.15, -0.1) is 11.3 Å². The lowest BCUT2D eigenvalue weighted by molar-refractivity contribution is -0.149. The minimum Gasteiger partial charge on any atom is -0.395 e. The van der Waals surface area contributed by atoms with Crippen molar-refractivity contribution < 1.29 is 14.4 Å². The van der Waals surface area contributed by atoms with Gasteiger partial charge in [0.25, 0.3) is 5.91 Å². The number of likely N-dealkylation sites (N-methyl/N-ethyl adjacent to an activating group) is 1. The van der Waals surface area contributed by atoms with Crippen LogP contribution in [0.1, 0.15) is 19.5 Å². The molecule has 21 heavy (non-hydrogen) atoms. The van der Waals surface area contributed by atoms with E-state index in [9.17, 15) is 9.59 Å². The Balaban J connectivity index is 2.14. The molecule has 114 valence electrons. The molecule has 9 heteroatoms. The van der Waals surface area contributed by atoms with Crippen molar-refractivity contribution in [2.45, 2.75) is 25.9 Å². The Kier molecular flexibility index (Phi) is 4.41. The Bertz CT molecular complexity index is 585. The van der Waals surface area contributed by atoms with Crippen LogP contribution < -0.4 is 11.1 Å². The number of aromatic nitrogens is 1. The summed E-state index contributed by atoms with van der Waals surface area (Å²) in [6.07, 6.45) is 0. The lowest BCUT2D eigenvalue weighted by atomic mass is 9.98. The molecule has 0 aliphatic carbocycles. The molecule has 8 nitrogen and oxygen atoms in total. The van der Waals surface area contributed by atoms with Gasteiger partial charge in [-0.3, -0.25) is 9.59 Å². The topological polar surface area (TPSA) is 110 Å². The summed E-state index contributed by atoms with van der Waals surface area (Å²) in [5.41, 5.74) is 5.91. The van der Waals surface area contributed by atoms with Crippen molar-refractivity contribution in [2.75, 3.05) is 19.4 Å². The summed E-state index contributed by atoms with van der Waals surface area (Å²) in [7, 11) is 1.69. The van der Waals surface area contributed by atoms with E-state index < -0.39 is 11.9 Å². The highest BCUT2D eigenvalue weighted by Gasteiger charge is 2.43. The van der Waals surface area contributed by atoms with Crippen molar-refractivity contribution in [3.63, 3.8) is 0 Å². The van der Waals surface area contributed by atoms with Crippen LogP contribution in [0.3, 0.4) is 0 Å². The molecule has 2 rings (SSSR count). The maximum Gasteiger partial charge on any atom is 0.276 e. The Morgan fingerprint density at radius 3 is 2.90 bits per heavy atom. The number of nitrogen functional groups attached to an aromatic ring is 1. The largest absolute Gasteiger partial charge is 0.395 e. The van der Waals surface area contributed by atoms with Crippen molar-refractivity contribution in [3.05, 3.63) is 11.1 Å². The molecule has 1 saturated heterocycles. The van der Waals surface area contributed by atoms with Gasteiger partial charge in [0.05, 0.1) is 6.04 Å². The van der Waals surface area contributed by atoms with Crippen molar-refractivity contribution in [3.8, 4) is 0 Å². The van der Waals surface area contributed by atoms with Crippen LogP contribution in [0.4, 0.5) is 5.13 Å². The molecule has 3 N–H and O–H groups in total. The average molecular weight is 311 g/mol. The summed E-state index contributed by atoms with van der Waals surface area (Å²) in [5, 5.41) is 8.37. The molecule has 1 fully saturated rings. The Labute approximate surface area is 126 Å². The second-order valence-electron chi connectivity index (χ2n) is 4.57. The van der Waals surface area contributed by atoms with Crippen LogP contribution in [-0.2, 0) is 14.4 Å². The number of nitrogens with two attached hydrogens (primary N) is 1. The first-order chi connectivity index (χ1) is 9.95. The summed E-state index contributed by atoms with van der Waals surface area (Å²) >= 11 is 1.20. The van der Waals surface area contributed by atoms with Gasteiger partial charge in [0.2, 0.25) is 5.91 Å². The smallest absolute Gasteiger partial charge is 0.276 e. The van der Waals surface area contributed by atoms with Gasteiger partial charge in [-0.2, -0.15) is 0 Å². The molecule has 0 saturated carbocycles. The molecule has 0 radical (unpaired) electrons. The number of thiazole rings is 1. The van der Waals surface area contributed by atoms with Gasteiger partial charge in [-0.05, 0) is 13.8 Å². The number of amides is 2. The average Bonchev–Trinajstić information content (AvgIpc) is 2.90. The van der Waals surface area contributed by atoms with E-state index in [2.05, 4.69) is 15.5 Å². The number of carbonyl (C=O) groups excluding carboxylic acids is 2. The Morgan fingerprint density at radius 1 is 1.67 bits per heavy atom. The predicted molar refractivity (Wildman–Crippen MR) is 78.9 cm³/mol. The third-order valence-corrected chi connectivity index (χ3v) is 3.93. The number of anilines is 1. The van der Waals surface area contributed by atoms with Gasteiger partial charge in [0.1, 0.15) is 18.3 Å². The van der Waals surface area contributed by atoms with E-state index in [0.717, 1.165) is 0 Å². The highest BCUT2D eigenvalue weighted by Crippen LogP contribution is 2.17.